The predicted molar refractivity (Wildman–Crippen MR) is 94.7 cm³/mol. The largest absolute Gasteiger partial charge is 0.481 e. The smallest absolute Gasteiger partial charge is 0.416 e. The summed E-state index contributed by atoms with van der Waals surface area (Å²) in [5.74, 6) is 0.0506. The summed E-state index contributed by atoms with van der Waals surface area (Å²) in [7, 11) is 0. The first-order valence-corrected chi connectivity index (χ1v) is 8.07. The zero-order valence-corrected chi connectivity index (χ0v) is 14.0. The normalized spacial score (nSPS) is 11.2. The van der Waals surface area contributed by atoms with Crippen molar-refractivity contribution in [2.45, 2.75) is 12.6 Å². The maximum Gasteiger partial charge on any atom is 0.416 e. The standard InChI is InChI=1S/C21H15F3O3/c22-21(23,24)17-9-7-15(8-10-17)16-4-2-6-19(13-16)27-18-5-1-3-14(11-18)12-20(25)26/h1-11,13H,12H2,(H,25,26). The number of carbonyl (C=O) groups is 1. The molecule has 0 spiro atoms. The molecule has 0 unspecified atom stereocenters. The molecule has 0 atom stereocenters. The zero-order valence-electron chi connectivity index (χ0n) is 14.0. The highest BCUT2D eigenvalue weighted by molar-refractivity contribution is 5.70. The Kier molecular flexibility index (Phi) is 5.16. The fourth-order valence-electron chi connectivity index (χ4n) is 2.62. The van der Waals surface area contributed by atoms with Gasteiger partial charge in [0.25, 0.3) is 0 Å². The summed E-state index contributed by atoms with van der Waals surface area (Å²) < 4.78 is 43.8. The van der Waals surface area contributed by atoms with E-state index in [1.807, 2.05) is 0 Å². The van der Waals surface area contributed by atoms with Crippen LogP contribution in [-0.2, 0) is 17.4 Å². The van der Waals surface area contributed by atoms with E-state index < -0.39 is 17.7 Å². The summed E-state index contributed by atoms with van der Waals surface area (Å²) in [6.07, 6.45) is -4.48. The van der Waals surface area contributed by atoms with Gasteiger partial charge in [0, 0.05) is 0 Å². The van der Waals surface area contributed by atoms with Crippen molar-refractivity contribution in [1.29, 1.82) is 0 Å². The molecule has 27 heavy (non-hydrogen) atoms. The number of carboxylic acids is 1. The number of hydrogen-bond acceptors (Lipinski definition) is 2. The molecule has 1 N–H and O–H groups in total. The Morgan fingerprint density at radius 2 is 1.48 bits per heavy atom. The van der Waals surface area contributed by atoms with Crippen molar-refractivity contribution < 1.29 is 27.8 Å². The van der Waals surface area contributed by atoms with Crippen molar-refractivity contribution in [3.05, 3.63) is 83.9 Å². The van der Waals surface area contributed by atoms with Crippen LogP contribution in [0.2, 0.25) is 0 Å². The first-order valence-electron chi connectivity index (χ1n) is 8.07. The summed E-state index contributed by atoms with van der Waals surface area (Å²) in [5.41, 5.74) is 1.25. The van der Waals surface area contributed by atoms with E-state index in [1.54, 1.807) is 48.5 Å². The second-order valence-electron chi connectivity index (χ2n) is 5.92. The second-order valence-corrected chi connectivity index (χ2v) is 5.92. The molecule has 0 aliphatic carbocycles. The predicted octanol–water partition coefficient (Wildman–Crippen LogP) is 5.79. The second kappa shape index (κ2) is 7.53. The number of carboxylic acid groups (broad SMARTS) is 1. The van der Waals surface area contributed by atoms with E-state index in [0.29, 0.717) is 28.2 Å². The van der Waals surface area contributed by atoms with Gasteiger partial charge in [0.1, 0.15) is 11.5 Å². The van der Waals surface area contributed by atoms with Crippen LogP contribution in [0.15, 0.2) is 72.8 Å². The lowest BCUT2D eigenvalue weighted by atomic mass is 10.0. The maximum atomic E-state index is 12.7. The molecule has 0 aliphatic heterocycles. The SMILES string of the molecule is O=C(O)Cc1cccc(Oc2cccc(-c3ccc(C(F)(F)F)cc3)c2)c1. The van der Waals surface area contributed by atoms with E-state index in [9.17, 15) is 18.0 Å². The van der Waals surface area contributed by atoms with Crippen LogP contribution in [-0.4, -0.2) is 11.1 Å². The molecule has 0 saturated carbocycles. The van der Waals surface area contributed by atoms with Gasteiger partial charge in [0.2, 0.25) is 0 Å². The Bertz CT molecular complexity index is 947. The molecule has 3 aromatic carbocycles. The summed E-state index contributed by atoms with van der Waals surface area (Å²) in [5, 5.41) is 8.87. The van der Waals surface area contributed by atoms with Crippen molar-refractivity contribution in [2.75, 3.05) is 0 Å². The lowest BCUT2D eigenvalue weighted by molar-refractivity contribution is -0.138. The third kappa shape index (κ3) is 4.88. The van der Waals surface area contributed by atoms with Gasteiger partial charge in [-0.2, -0.15) is 13.2 Å². The molecule has 0 radical (unpaired) electrons. The maximum absolute atomic E-state index is 12.7. The Hall–Kier alpha value is -3.28. The lowest BCUT2D eigenvalue weighted by Crippen LogP contribution is -2.03. The third-order valence-electron chi connectivity index (χ3n) is 3.87. The minimum Gasteiger partial charge on any atom is -0.481 e. The van der Waals surface area contributed by atoms with Crippen molar-refractivity contribution in [2.24, 2.45) is 0 Å². The molecular weight excluding hydrogens is 357 g/mol. The molecule has 0 fully saturated rings. The summed E-state index contributed by atoms with van der Waals surface area (Å²) in [6.45, 7) is 0. The fraction of sp³-hybridized carbons (Fsp3) is 0.0952. The van der Waals surface area contributed by atoms with Gasteiger partial charge >= 0.3 is 12.1 Å². The van der Waals surface area contributed by atoms with E-state index in [1.165, 1.54) is 12.1 Å². The molecular formula is C21H15F3O3. The number of aliphatic carboxylic acids is 1. The van der Waals surface area contributed by atoms with Crippen molar-refractivity contribution >= 4 is 5.97 Å². The van der Waals surface area contributed by atoms with Gasteiger partial charge < -0.3 is 9.84 Å². The van der Waals surface area contributed by atoms with Gasteiger partial charge in [-0.3, -0.25) is 4.79 Å². The average molecular weight is 372 g/mol. The minimum absolute atomic E-state index is 0.108. The van der Waals surface area contributed by atoms with E-state index in [2.05, 4.69) is 0 Å². The van der Waals surface area contributed by atoms with Gasteiger partial charge in [-0.05, 0) is 53.1 Å². The Balaban J connectivity index is 1.81. The Labute approximate surface area is 153 Å². The van der Waals surface area contributed by atoms with Crippen LogP contribution < -0.4 is 4.74 Å². The highest BCUT2D eigenvalue weighted by Gasteiger charge is 2.29. The first-order chi connectivity index (χ1) is 12.8. The monoisotopic (exact) mass is 372 g/mol. The summed E-state index contributed by atoms with van der Waals surface area (Å²) in [4.78, 5) is 10.8. The number of benzene rings is 3. The van der Waals surface area contributed by atoms with Crippen molar-refractivity contribution in [1.82, 2.24) is 0 Å². The van der Waals surface area contributed by atoms with Gasteiger partial charge in [-0.1, -0.05) is 36.4 Å². The highest BCUT2D eigenvalue weighted by atomic mass is 19.4. The van der Waals surface area contributed by atoms with Crippen LogP contribution in [0.5, 0.6) is 11.5 Å². The topological polar surface area (TPSA) is 46.5 Å². The summed E-state index contributed by atoms with van der Waals surface area (Å²) >= 11 is 0. The van der Waals surface area contributed by atoms with Gasteiger partial charge in [-0.25, -0.2) is 0 Å². The van der Waals surface area contributed by atoms with E-state index in [-0.39, 0.29) is 6.42 Å². The molecule has 6 heteroatoms. The van der Waals surface area contributed by atoms with Crippen LogP contribution in [0.1, 0.15) is 11.1 Å². The summed E-state index contributed by atoms with van der Waals surface area (Å²) in [6, 6.07) is 18.6. The Morgan fingerprint density at radius 1 is 0.852 bits per heavy atom. The molecule has 138 valence electrons. The molecule has 3 nitrogen and oxygen atoms in total. The molecule has 0 amide bonds. The number of hydrogen-bond donors (Lipinski definition) is 1. The fourth-order valence-corrected chi connectivity index (χ4v) is 2.62. The molecule has 0 heterocycles. The van der Waals surface area contributed by atoms with Crippen molar-refractivity contribution in [3.8, 4) is 22.6 Å². The molecule has 0 aromatic heterocycles. The first kappa shape index (κ1) is 18.5. The van der Waals surface area contributed by atoms with Crippen molar-refractivity contribution in [3.63, 3.8) is 0 Å². The number of halogens is 3. The van der Waals surface area contributed by atoms with E-state index in [0.717, 1.165) is 12.1 Å². The molecule has 0 bridgehead atoms. The number of alkyl halides is 3. The lowest BCUT2D eigenvalue weighted by Gasteiger charge is -2.10. The molecule has 3 rings (SSSR count). The van der Waals surface area contributed by atoms with Gasteiger partial charge in [0.15, 0.2) is 0 Å². The zero-order chi connectivity index (χ0) is 19.4. The van der Waals surface area contributed by atoms with Gasteiger partial charge in [0.05, 0.1) is 12.0 Å². The van der Waals surface area contributed by atoms with Gasteiger partial charge in [-0.15, -0.1) is 0 Å². The highest BCUT2D eigenvalue weighted by Crippen LogP contribution is 2.32. The molecule has 0 saturated heterocycles. The van der Waals surface area contributed by atoms with Crippen LogP contribution in [0, 0.1) is 0 Å². The van der Waals surface area contributed by atoms with Crippen LogP contribution in [0.3, 0.4) is 0 Å². The third-order valence-corrected chi connectivity index (χ3v) is 3.87. The molecule has 3 aromatic rings. The number of rotatable bonds is 5. The average Bonchev–Trinajstić information content (AvgIpc) is 2.61. The molecule has 0 aliphatic rings. The van der Waals surface area contributed by atoms with E-state index in [4.69, 9.17) is 9.84 Å². The van der Waals surface area contributed by atoms with E-state index >= 15 is 0 Å². The quantitative estimate of drug-likeness (QED) is 0.616. The van der Waals surface area contributed by atoms with Crippen LogP contribution in [0.25, 0.3) is 11.1 Å². The minimum atomic E-state index is -4.37. The Morgan fingerprint density at radius 3 is 2.11 bits per heavy atom. The van der Waals surface area contributed by atoms with Crippen LogP contribution in [0.4, 0.5) is 13.2 Å². The van der Waals surface area contributed by atoms with Crippen LogP contribution >= 0.6 is 0 Å². The number of ether oxygens (including phenoxy) is 1.